The molecule has 59 heavy (non-hydrogen) atoms. The van der Waals surface area contributed by atoms with Crippen molar-refractivity contribution in [2.45, 2.75) is 58.3 Å². The molecule has 12 nitrogen and oxygen atoms in total. The van der Waals surface area contributed by atoms with Crippen LogP contribution in [-0.2, 0) is 37.2 Å². The quantitative estimate of drug-likeness (QED) is 0.161. The summed E-state index contributed by atoms with van der Waals surface area (Å²) in [4.78, 5) is 48.7. The Kier molecular flexibility index (Phi) is 10.8. The molecule has 1 saturated heterocycles. The molecule has 3 amide bonds. The van der Waals surface area contributed by atoms with Gasteiger partial charge >= 0.3 is 0 Å². The summed E-state index contributed by atoms with van der Waals surface area (Å²) in [5.74, 6) is 0.980. The van der Waals surface area contributed by atoms with Crippen LogP contribution in [0.15, 0.2) is 91.0 Å². The second kappa shape index (κ2) is 16.6. The number of hydrogen-bond donors (Lipinski definition) is 1. The number of primary amides is 1. The van der Waals surface area contributed by atoms with Crippen LogP contribution < -0.4 is 24.8 Å². The Morgan fingerprint density at radius 2 is 1.63 bits per heavy atom. The van der Waals surface area contributed by atoms with E-state index in [1.165, 1.54) is 5.56 Å². The molecule has 304 valence electrons. The number of hydrogen-bond acceptors (Lipinski definition) is 8. The van der Waals surface area contributed by atoms with Crippen LogP contribution >= 0.6 is 0 Å². The van der Waals surface area contributed by atoms with Crippen LogP contribution in [0.3, 0.4) is 0 Å². The van der Waals surface area contributed by atoms with Crippen LogP contribution in [0.4, 0.5) is 5.69 Å². The summed E-state index contributed by atoms with van der Waals surface area (Å²) >= 11 is 0. The number of fused-ring (bicyclic) bond motifs is 3. The van der Waals surface area contributed by atoms with E-state index in [2.05, 4.69) is 27.7 Å². The van der Waals surface area contributed by atoms with Crippen LogP contribution in [0.1, 0.15) is 73.2 Å². The lowest BCUT2D eigenvalue weighted by atomic mass is 9.92. The summed E-state index contributed by atoms with van der Waals surface area (Å²) in [5, 5.41) is 0. The van der Waals surface area contributed by atoms with Gasteiger partial charge in [-0.2, -0.15) is 0 Å². The first-order chi connectivity index (χ1) is 28.8. The van der Waals surface area contributed by atoms with Gasteiger partial charge in [0, 0.05) is 67.0 Å². The molecular weight excluding hydrogens is 747 g/mol. The van der Waals surface area contributed by atoms with E-state index in [0.29, 0.717) is 84.5 Å². The van der Waals surface area contributed by atoms with Crippen LogP contribution in [-0.4, -0.2) is 84.4 Å². The minimum Gasteiger partial charge on any atom is -0.494 e. The van der Waals surface area contributed by atoms with Crippen molar-refractivity contribution in [3.8, 4) is 28.5 Å². The summed E-state index contributed by atoms with van der Waals surface area (Å²) in [6.07, 6.45) is 3.32. The highest BCUT2D eigenvalue weighted by Crippen LogP contribution is 2.42. The van der Waals surface area contributed by atoms with Crippen molar-refractivity contribution in [1.82, 2.24) is 14.4 Å². The third kappa shape index (κ3) is 7.77. The first-order valence-corrected chi connectivity index (χ1v) is 20.6. The number of aromatic nitrogens is 1. The second-order valence-corrected chi connectivity index (χ2v) is 15.6. The Balaban J connectivity index is 1.13. The Bertz CT molecular complexity index is 2380. The third-order valence-electron chi connectivity index (χ3n) is 11.9. The Morgan fingerprint density at radius 3 is 2.41 bits per heavy atom. The Labute approximate surface area is 344 Å². The van der Waals surface area contributed by atoms with E-state index in [0.717, 1.165) is 61.4 Å². The topological polar surface area (TPSA) is 129 Å². The van der Waals surface area contributed by atoms with Crippen LogP contribution in [0, 0.1) is 0 Å². The number of carbonyl (C=O) groups is 3. The fourth-order valence-corrected chi connectivity index (χ4v) is 8.96. The number of ether oxygens (including phenoxy) is 4. The molecule has 0 saturated carbocycles. The maximum absolute atomic E-state index is 15.3. The number of nitrogens with zero attached hydrogens (tertiary/aromatic N) is 4. The molecule has 1 unspecified atom stereocenters. The van der Waals surface area contributed by atoms with Crippen molar-refractivity contribution in [1.29, 1.82) is 0 Å². The normalized spacial score (nSPS) is 17.2. The van der Waals surface area contributed by atoms with Crippen LogP contribution in [0.5, 0.6) is 17.2 Å². The van der Waals surface area contributed by atoms with E-state index < -0.39 is 5.91 Å². The number of anilines is 1. The van der Waals surface area contributed by atoms with Crippen molar-refractivity contribution < 1.29 is 33.3 Å². The minimum atomic E-state index is -0.535. The van der Waals surface area contributed by atoms with Gasteiger partial charge in [0.1, 0.15) is 5.75 Å². The van der Waals surface area contributed by atoms with Crippen molar-refractivity contribution in [2.75, 3.05) is 51.1 Å². The molecule has 1 atom stereocenters. The van der Waals surface area contributed by atoms with Gasteiger partial charge in [-0.3, -0.25) is 19.3 Å². The second-order valence-electron chi connectivity index (χ2n) is 15.6. The molecule has 0 radical (unpaired) electrons. The lowest BCUT2D eigenvalue weighted by Crippen LogP contribution is -2.52. The molecule has 4 aliphatic heterocycles. The molecule has 0 spiro atoms. The highest BCUT2D eigenvalue weighted by molar-refractivity contribution is 6.09. The standard InChI is InChI=1S/C47H49N5O7/c1-2-57-37-15-13-35(14-16-37)51(27-31-8-7-11-33(22-31)45(48)53)47(55)40-24-42(50-17-6-5-12-41(40)50)38-25-43-44(59-30-58-43)26-39(38)46(54)52-28-34-10-4-3-9-32(34)23-36(52)29-49-18-20-56-21-19-49/h3-4,7-11,13-16,22,24-26,36H,2,5-6,12,17-21,23,27-30H2,1H3,(H2,48,53). The van der Waals surface area contributed by atoms with E-state index in [1.54, 1.807) is 23.1 Å². The predicted octanol–water partition coefficient (Wildman–Crippen LogP) is 6.46. The zero-order valence-corrected chi connectivity index (χ0v) is 33.4. The average molecular weight is 796 g/mol. The smallest absolute Gasteiger partial charge is 0.260 e. The molecule has 5 heterocycles. The summed E-state index contributed by atoms with van der Waals surface area (Å²) < 4.78 is 25.4. The van der Waals surface area contributed by atoms with E-state index in [4.69, 9.17) is 24.7 Å². The van der Waals surface area contributed by atoms with Crippen molar-refractivity contribution in [2.24, 2.45) is 5.73 Å². The summed E-state index contributed by atoms with van der Waals surface area (Å²) in [6, 6.07) is 28.6. The van der Waals surface area contributed by atoms with E-state index in [-0.39, 0.29) is 31.2 Å². The SMILES string of the molecule is CCOc1ccc(N(Cc2cccc(C(N)=O)c2)C(=O)c2cc(-c3cc4c(cc3C(=O)N3Cc5ccccc5CC3CN3CCOCC3)OCO4)n3c2CCCC3)cc1. The van der Waals surface area contributed by atoms with Gasteiger partial charge in [0.25, 0.3) is 11.8 Å². The lowest BCUT2D eigenvalue weighted by molar-refractivity contribution is 0.0193. The Hall–Kier alpha value is -6.11. The zero-order chi connectivity index (χ0) is 40.5. The summed E-state index contributed by atoms with van der Waals surface area (Å²) in [6.45, 7) is 7.65. The van der Waals surface area contributed by atoms with Crippen LogP contribution in [0.2, 0.25) is 0 Å². The minimum absolute atomic E-state index is 0.0529. The van der Waals surface area contributed by atoms with Gasteiger partial charge in [-0.1, -0.05) is 36.4 Å². The van der Waals surface area contributed by atoms with E-state index in [1.807, 2.05) is 66.4 Å². The van der Waals surface area contributed by atoms with Gasteiger partial charge in [0.15, 0.2) is 11.5 Å². The molecule has 9 rings (SSSR count). The number of amides is 3. The number of benzene rings is 4. The monoisotopic (exact) mass is 795 g/mol. The summed E-state index contributed by atoms with van der Waals surface area (Å²) in [7, 11) is 0. The highest BCUT2D eigenvalue weighted by atomic mass is 16.7. The van der Waals surface area contributed by atoms with Gasteiger partial charge < -0.3 is 39.0 Å². The lowest BCUT2D eigenvalue weighted by Gasteiger charge is -2.40. The van der Waals surface area contributed by atoms with Gasteiger partial charge in [0.2, 0.25) is 12.7 Å². The molecular formula is C47H49N5O7. The maximum atomic E-state index is 15.3. The number of rotatable bonds is 11. The average Bonchev–Trinajstić information content (AvgIpc) is 3.90. The number of morpholine rings is 1. The largest absolute Gasteiger partial charge is 0.494 e. The predicted molar refractivity (Wildman–Crippen MR) is 223 cm³/mol. The van der Waals surface area contributed by atoms with Crippen molar-refractivity contribution >= 4 is 23.4 Å². The molecule has 12 heteroatoms. The maximum Gasteiger partial charge on any atom is 0.260 e. The van der Waals surface area contributed by atoms with Crippen molar-refractivity contribution in [3.63, 3.8) is 0 Å². The first-order valence-electron chi connectivity index (χ1n) is 20.6. The van der Waals surface area contributed by atoms with E-state index in [9.17, 15) is 4.79 Å². The number of nitrogens with two attached hydrogens (primary N) is 1. The fourth-order valence-electron chi connectivity index (χ4n) is 8.96. The molecule has 4 aliphatic rings. The first kappa shape index (κ1) is 38.4. The zero-order valence-electron chi connectivity index (χ0n) is 33.4. The Morgan fingerprint density at radius 1 is 0.847 bits per heavy atom. The van der Waals surface area contributed by atoms with Gasteiger partial charge in [-0.05, 0) is 104 Å². The van der Waals surface area contributed by atoms with Crippen LogP contribution in [0.25, 0.3) is 11.3 Å². The third-order valence-corrected chi connectivity index (χ3v) is 11.9. The summed E-state index contributed by atoms with van der Waals surface area (Å²) in [5.41, 5.74) is 13.4. The molecule has 4 aromatic carbocycles. The van der Waals surface area contributed by atoms with Gasteiger partial charge in [-0.25, -0.2) is 0 Å². The highest BCUT2D eigenvalue weighted by Gasteiger charge is 2.36. The molecule has 2 N–H and O–H groups in total. The van der Waals surface area contributed by atoms with Crippen molar-refractivity contribution in [3.05, 3.63) is 130 Å². The van der Waals surface area contributed by atoms with Gasteiger partial charge in [0.05, 0.1) is 37.5 Å². The molecule has 0 bridgehead atoms. The molecule has 1 aromatic heterocycles. The molecule has 5 aromatic rings. The molecule has 1 fully saturated rings. The molecule has 0 aliphatic carbocycles. The van der Waals surface area contributed by atoms with Gasteiger partial charge in [-0.15, -0.1) is 0 Å². The van der Waals surface area contributed by atoms with E-state index >= 15 is 9.59 Å². The number of carbonyl (C=O) groups excluding carboxylic acids is 3. The fraction of sp³-hybridized carbons (Fsp3) is 0.340.